The summed E-state index contributed by atoms with van der Waals surface area (Å²) in [5.74, 6) is 0.0555. The summed E-state index contributed by atoms with van der Waals surface area (Å²) in [5, 5.41) is 2.90. The van der Waals surface area contributed by atoms with Gasteiger partial charge in [-0.3, -0.25) is 4.79 Å². The lowest BCUT2D eigenvalue weighted by molar-refractivity contribution is 0.101. The quantitative estimate of drug-likeness (QED) is 0.690. The molecular formula is C10H11NO. The third-order valence-electron chi connectivity index (χ3n) is 1.56. The molecule has 2 heteroatoms. The van der Waals surface area contributed by atoms with Gasteiger partial charge in [0.2, 0.25) is 0 Å². The highest BCUT2D eigenvalue weighted by Crippen LogP contribution is 2.14. The second-order valence-corrected chi connectivity index (χ2v) is 2.45. The maximum Gasteiger partial charge on any atom is 0.161 e. The number of hydrogen-bond acceptors (Lipinski definition) is 2. The molecule has 0 atom stereocenters. The SMILES string of the molecule is C=CNc1ccccc1C(C)=O. The zero-order valence-corrected chi connectivity index (χ0v) is 7.00. The second kappa shape index (κ2) is 3.72. The number of anilines is 1. The molecule has 0 aliphatic rings. The molecule has 12 heavy (non-hydrogen) atoms. The van der Waals surface area contributed by atoms with E-state index in [4.69, 9.17) is 0 Å². The van der Waals surface area contributed by atoms with Gasteiger partial charge >= 0.3 is 0 Å². The smallest absolute Gasteiger partial charge is 0.161 e. The van der Waals surface area contributed by atoms with Crippen molar-refractivity contribution in [2.24, 2.45) is 0 Å². The van der Waals surface area contributed by atoms with Crippen LogP contribution in [0.2, 0.25) is 0 Å². The summed E-state index contributed by atoms with van der Waals surface area (Å²) in [4.78, 5) is 11.1. The Balaban J connectivity index is 3.07. The summed E-state index contributed by atoms with van der Waals surface area (Å²) in [6, 6.07) is 7.34. The monoisotopic (exact) mass is 161 g/mol. The van der Waals surface area contributed by atoms with Crippen molar-refractivity contribution in [3.8, 4) is 0 Å². The summed E-state index contributed by atoms with van der Waals surface area (Å²) in [6.07, 6.45) is 1.56. The molecule has 62 valence electrons. The minimum atomic E-state index is 0.0555. The van der Waals surface area contributed by atoms with E-state index in [1.807, 2.05) is 18.2 Å². The van der Waals surface area contributed by atoms with E-state index in [1.165, 1.54) is 0 Å². The van der Waals surface area contributed by atoms with Crippen molar-refractivity contribution in [2.45, 2.75) is 6.92 Å². The fourth-order valence-electron chi connectivity index (χ4n) is 1.03. The first-order valence-corrected chi connectivity index (χ1v) is 3.73. The Labute approximate surface area is 71.9 Å². The summed E-state index contributed by atoms with van der Waals surface area (Å²) in [6.45, 7) is 5.08. The Hall–Kier alpha value is -1.57. The van der Waals surface area contributed by atoms with Crippen LogP contribution in [0.15, 0.2) is 37.0 Å². The van der Waals surface area contributed by atoms with Crippen molar-refractivity contribution in [3.05, 3.63) is 42.6 Å². The highest BCUT2D eigenvalue weighted by Gasteiger charge is 2.03. The number of benzene rings is 1. The van der Waals surface area contributed by atoms with Gasteiger partial charge in [-0.15, -0.1) is 0 Å². The number of ketones is 1. The zero-order chi connectivity index (χ0) is 8.97. The van der Waals surface area contributed by atoms with Crippen LogP contribution in [-0.4, -0.2) is 5.78 Å². The Morgan fingerprint density at radius 2 is 2.17 bits per heavy atom. The van der Waals surface area contributed by atoms with E-state index in [0.717, 1.165) is 5.69 Å². The predicted octanol–water partition coefficient (Wildman–Crippen LogP) is 2.44. The van der Waals surface area contributed by atoms with E-state index in [-0.39, 0.29) is 5.78 Å². The average Bonchev–Trinajstić information content (AvgIpc) is 2.05. The van der Waals surface area contributed by atoms with Crippen molar-refractivity contribution in [3.63, 3.8) is 0 Å². The van der Waals surface area contributed by atoms with Crippen LogP contribution in [0.4, 0.5) is 5.69 Å². The normalized spacial score (nSPS) is 9.08. The van der Waals surface area contributed by atoms with Crippen LogP contribution in [0, 0.1) is 0 Å². The molecule has 2 nitrogen and oxygen atoms in total. The largest absolute Gasteiger partial charge is 0.362 e. The van der Waals surface area contributed by atoms with E-state index in [2.05, 4.69) is 11.9 Å². The molecule has 0 spiro atoms. The fraction of sp³-hybridized carbons (Fsp3) is 0.100. The molecule has 0 heterocycles. The van der Waals surface area contributed by atoms with Gasteiger partial charge in [0.05, 0.1) is 0 Å². The summed E-state index contributed by atoms with van der Waals surface area (Å²) in [7, 11) is 0. The highest BCUT2D eigenvalue weighted by molar-refractivity contribution is 5.99. The van der Waals surface area contributed by atoms with Gasteiger partial charge in [-0.25, -0.2) is 0 Å². The number of carbonyl (C=O) groups excluding carboxylic acids is 1. The number of carbonyl (C=O) groups is 1. The van der Waals surface area contributed by atoms with Crippen molar-refractivity contribution in [1.82, 2.24) is 0 Å². The standard InChI is InChI=1S/C10H11NO/c1-3-11-10-7-5-4-6-9(10)8(2)12/h3-7,11H,1H2,2H3. The second-order valence-electron chi connectivity index (χ2n) is 2.45. The van der Waals surface area contributed by atoms with Crippen LogP contribution in [0.1, 0.15) is 17.3 Å². The topological polar surface area (TPSA) is 29.1 Å². The molecule has 0 aromatic heterocycles. The predicted molar refractivity (Wildman–Crippen MR) is 50.3 cm³/mol. The summed E-state index contributed by atoms with van der Waals surface area (Å²) < 4.78 is 0. The van der Waals surface area contributed by atoms with Gasteiger partial charge in [-0.05, 0) is 25.3 Å². The van der Waals surface area contributed by atoms with Crippen LogP contribution in [-0.2, 0) is 0 Å². The Bertz CT molecular complexity index is 304. The van der Waals surface area contributed by atoms with Crippen LogP contribution in [0.5, 0.6) is 0 Å². The minimum Gasteiger partial charge on any atom is -0.362 e. The van der Waals surface area contributed by atoms with Gasteiger partial charge in [-0.1, -0.05) is 18.7 Å². The van der Waals surface area contributed by atoms with E-state index < -0.39 is 0 Å². The van der Waals surface area contributed by atoms with Crippen LogP contribution < -0.4 is 5.32 Å². The van der Waals surface area contributed by atoms with Crippen LogP contribution in [0.3, 0.4) is 0 Å². The highest BCUT2D eigenvalue weighted by atomic mass is 16.1. The lowest BCUT2D eigenvalue weighted by Gasteiger charge is -2.04. The maximum absolute atomic E-state index is 11.1. The number of nitrogens with one attached hydrogen (secondary N) is 1. The molecule has 0 bridgehead atoms. The van der Waals surface area contributed by atoms with Crippen molar-refractivity contribution < 1.29 is 4.79 Å². The molecule has 0 saturated heterocycles. The number of para-hydroxylation sites is 1. The Kier molecular flexibility index (Phi) is 2.64. The first kappa shape index (κ1) is 8.53. The van der Waals surface area contributed by atoms with Gasteiger partial charge in [0.25, 0.3) is 0 Å². The number of rotatable bonds is 3. The maximum atomic E-state index is 11.1. The summed E-state index contributed by atoms with van der Waals surface area (Å²) in [5.41, 5.74) is 1.50. The minimum absolute atomic E-state index is 0.0555. The van der Waals surface area contributed by atoms with Gasteiger partial charge in [0, 0.05) is 11.3 Å². The molecular weight excluding hydrogens is 150 g/mol. The molecule has 1 aromatic rings. The summed E-state index contributed by atoms with van der Waals surface area (Å²) >= 11 is 0. The molecule has 0 aliphatic carbocycles. The van der Waals surface area contributed by atoms with E-state index in [0.29, 0.717) is 5.56 Å². The Morgan fingerprint density at radius 1 is 1.50 bits per heavy atom. The lowest BCUT2D eigenvalue weighted by atomic mass is 10.1. The zero-order valence-electron chi connectivity index (χ0n) is 7.00. The van der Waals surface area contributed by atoms with E-state index in [9.17, 15) is 4.79 Å². The van der Waals surface area contributed by atoms with Crippen molar-refractivity contribution in [2.75, 3.05) is 5.32 Å². The van der Waals surface area contributed by atoms with Gasteiger partial charge < -0.3 is 5.32 Å². The molecule has 0 radical (unpaired) electrons. The third kappa shape index (κ3) is 1.72. The lowest BCUT2D eigenvalue weighted by Crippen LogP contribution is -1.98. The Morgan fingerprint density at radius 3 is 2.75 bits per heavy atom. The van der Waals surface area contributed by atoms with Crippen molar-refractivity contribution >= 4 is 11.5 Å². The van der Waals surface area contributed by atoms with Crippen LogP contribution in [0.25, 0.3) is 0 Å². The molecule has 0 unspecified atom stereocenters. The van der Waals surface area contributed by atoms with Crippen LogP contribution >= 0.6 is 0 Å². The number of hydrogen-bond donors (Lipinski definition) is 1. The number of Topliss-reactive ketones (excluding diaryl/α,β-unsaturated/α-hetero) is 1. The first-order chi connectivity index (χ1) is 5.75. The average molecular weight is 161 g/mol. The third-order valence-corrected chi connectivity index (χ3v) is 1.56. The van der Waals surface area contributed by atoms with Crippen molar-refractivity contribution in [1.29, 1.82) is 0 Å². The molecule has 0 amide bonds. The molecule has 0 saturated carbocycles. The van der Waals surface area contributed by atoms with Gasteiger partial charge in [-0.2, -0.15) is 0 Å². The molecule has 0 aliphatic heterocycles. The first-order valence-electron chi connectivity index (χ1n) is 3.73. The molecule has 1 aromatic carbocycles. The van der Waals surface area contributed by atoms with E-state index in [1.54, 1.807) is 19.2 Å². The van der Waals surface area contributed by atoms with E-state index >= 15 is 0 Å². The molecule has 1 N–H and O–H groups in total. The van der Waals surface area contributed by atoms with Gasteiger partial charge in [0.15, 0.2) is 5.78 Å². The van der Waals surface area contributed by atoms with Gasteiger partial charge in [0.1, 0.15) is 0 Å². The molecule has 1 rings (SSSR count). The molecule has 0 fully saturated rings. The fourth-order valence-corrected chi connectivity index (χ4v) is 1.03.